The molecular weight excluding hydrogens is 438 g/mol. The zero-order valence-electron chi connectivity index (χ0n) is 19.2. The molecule has 0 saturated carbocycles. The zero-order valence-corrected chi connectivity index (χ0v) is 19.2. The highest BCUT2D eigenvalue weighted by molar-refractivity contribution is 5.94. The second-order valence-corrected chi connectivity index (χ2v) is 8.05. The number of aliphatic imine (C=N–C) groups is 1. The number of nitrogens with two attached hydrogens (primary N) is 3. The lowest BCUT2D eigenvalue weighted by molar-refractivity contribution is -0.143. The van der Waals surface area contributed by atoms with Gasteiger partial charge >= 0.3 is 5.97 Å². The molecular formula is C19H37N7O7. The van der Waals surface area contributed by atoms with E-state index in [1.807, 2.05) is 0 Å². The van der Waals surface area contributed by atoms with E-state index in [0.717, 1.165) is 0 Å². The Balaban J connectivity index is 5.52. The lowest BCUT2D eigenvalue weighted by atomic mass is 10.0. The smallest absolute Gasteiger partial charge is 0.328 e. The summed E-state index contributed by atoms with van der Waals surface area (Å²) in [5.74, 6) is -3.92. The minimum atomic E-state index is -1.54. The van der Waals surface area contributed by atoms with Crippen LogP contribution in [0, 0.1) is 5.92 Å². The molecule has 0 aromatic rings. The predicted molar refractivity (Wildman–Crippen MR) is 120 cm³/mol. The molecule has 5 atom stereocenters. The van der Waals surface area contributed by atoms with Gasteiger partial charge in [0.25, 0.3) is 0 Å². The summed E-state index contributed by atoms with van der Waals surface area (Å²) in [4.78, 5) is 52.7. The molecule has 14 nitrogen and oxygen atoms in total. The Morgan fingerprint density at radius 2 is 1.42 bits per heavy atom. The van der Waals surface area contributed by atoms with Crippen molar-refractivity contribution in [3.8, 4) is 0 Å². The van der Waals surface area contributed by atoms with Crippen LogP contribution in [-0.2, 0) is 19.2 Å². The molecule has 0 fully saturated rings. The predicted octanol–water partition coefficient (Wildman–Crippen LogP) is -3.67. The third kappa shape index (κ3) is 12.0. The molecule has 190 valence electrons. The van der Waals surface area contributed by atoms with E-state index < -0.39 is 60.6 Å². The fourth-order valence-electron chi connectivity index (χ4n) is 2.69. The maximum Gasteiger partial charge on any atom is 0.328 e. The summed E-state index contributed by atoms with van der Waals surface area (Å²) in [6.45, 7) is 4.26. The van der Waals surface area contributed by atoms with Gasteiger partial charge < -0.3 is 48.5 Å². The van der Waals surface area contributed by atoms with Crippen molar-refractivity contribution in [2.75, 3.05) is 13.2 Å². The molecule has 14 heteroatoms. The highest BCUT2D eigenvalue weighted by Crippen LogP contribution is 2.08. The Hall–Kier alpha value is -2.97. The maximum atomic E-state index is 12.9. The Labute approximate surface area is 192 Å². The molecule has 0 spiro atoms. The van der Waals surface area contributed by atoms with E-state index in [1.165, 1.54) is 6.92 Å². The summed E-state index contributed by atoms with van der Waals surface area (Å²) in [6.07, 6.45) is -0.615. The average Bonchev–Trinajstić information content (AvgIpc) is 2.71. The van der Waals surface area contributed by atoms with Crippen LogP contribution in [0.4, 0.5) is 0 Å². The number of carbonyl (C=O) groups excluding carboxylic acids is 3. The molecule has 0 radical (unpaired) electrons. The standard InChI is InChI=1S/C19H37N7O7/c1-9(2)7-12(16(30)26-13(8-27)18(32)33)25-15(29)11(5-4-6-23-19(21)22)24-17(31)14(20)10(3)28/h9-14,27-28H,4-8,20H2,1-3H3,(H,24,31)(H,25,29)(H,26,30)(H,32,33)(H4,21,22,23). The second-order valence-electron chi connectivity index (χ2n) is 8.05. The number of rotatable bonds is 15. The fourth-order valence-corrected chi connectivity index (χ4v) is 2.69. The number of aliphatic hydroxyl groups is 2. The SMILES string of the molecule is CC(C)CC(NC(=O)C(CCCN=C(N)N)NC(=O)C(N)C(C)O)C(=O)NC(CO)C(=O)O. The molecule has 0 aromatic carbocycles. The lowest BCUT2D eigenvalue weighted by Crippen LogP contribution is -2.58. The lowest BCUT2D eigenvalue weighted by Gasteiger charge is -2.26. The van der Waals surface area contributed by atoms with Gasteiger partial charge in [-0.1, -0.05) is 13.8 Å². The highest BCUT2D eigenvalue weighted by Gasteiger charge is 2.31. The van der Waals surface area contributed by atoms with Gasteiger partial charge in [0.2, 0.25) is 17.7 Å². The van der Waals surface area contributed by atoms with Gasteiger partial charge in [-0.15, -0.1) is 0 Å². The molecule has 0 bridgehead atoms. The van der Waals surface area contributed by atoms with Crippen LogP contribution >= 0.6 is 0 Å². The first-order chi connectivity index (χ1) is 15.3. The van der Waals surface area contributed by atoms with Crippen molar-refractivity contribution < 1.29 is 34.5 Å². The van der Waals surface area contributed by atoms with Crippen molar-refractivity contribution in [2.24, 2.45) is 28.1 Å². The number of nitrogens with one attached hydrogen (secondary N) is 3. The number of guanidine groups is 1. The van der Waals surface area contributed by atoms with E-state index in [4.69, 9.17) is 27.4 Å². The van der Waals surface area contributed by atoms with Crippen molar-refractivity contribution in [1.29, 1.82) is 0 Å². The van der Waals surface area contributed by atoms with E-state index in [-0.39, 0.29) is 31.3 Å². The van der Waals surface area contributed by atoms with E-state index in [9.17, 15) is 24.3 Å². The Morgan fingerprint density at radius 1 is 0.909 bits per heavy atom. The normalized spacial score (nSPS) is 15.5. The molecule has 12 N–H and O–H groups in total. The number of carboxylic acid groups (broad SMARTS) is 1. The third-order valence-electron chi connectivity index (χ3n) is 4.54. The number of carboxylic acids is 1. The summed E-state index contributed by atoms with van der Waals surface area (Å²) >= 11 is 0. The van der Waals surface area contributed by atoms with Crippen LogP contribution in [0.5, 0.6) is 0 Å². The van der Waals surface area contributed by atoms with E-state index in [0.29, 0.717) is 6.42 Å². The summed E-state index contributed by atoms with van der Waals surface area (Å²) in [5, 5.41) is 34.8. The summed E-state index contributed by atoms with van der Waals surface area (Å²) < 4.78 is 0. The molecule has 0 aliphatic heterocycles. The van der Waals surface area contributed by atoms with Crippen molar-refractivity contribution in [2.45, 2.75) is 70.3 Å². The minimum Gasteiger partial charge on any atom is -0.480 e. The topological polar surface area (TPSA) is 255 Å². The monoisotopic (exact) mass is 475 g/mol. The molecule has 0 heterocycles. The minimum absolute atomic E-state index is 0.0583. The Kier molecular flexibility index (Phi) is 13.6. The van der Waals surface area contributed by atoms with Crippen LogP contribution in [0.3, 0.4) is 0 Å². The number of carbonyl (C=O) groups is 4. The first-order valence-electron chi connectivity index (χ1n) is 10.5. The first kappa shape index (κ1) is 30.0. The van der Waals surface area contributed by atoms with Crippen molar-refractivity contribution in [1.82, 2.24) is 16.0 Å². The van der Waals surface area contributed by atoms with Crippen LogP contribution in [0.15, 0.2) is 4.99 Å². The fraction of sp³-hybridized carbons (Fsp3) is 0.737. The quantitative estimate of drug-likeness (QED) is 0.0636. The van der Waals surface area contributed by atoms with E-state index in [1.54, 1.807) is 13.8 Å². The molecule has 0 aliphatic rings. The van der Waals surface area contributed by atoms with Gasteiger partial charge in [0.1, 0.15) is 24.2 Å². The molecule has 0 aliphatic carbocycles. The summed E-state index contributed by atoms with van der Waals surface area (Å²) in [6, 6.07) is -5.09. The molecule has 0 saturated heterocycles. The van der Waals surface area contributed by atoms with Crippen LogP contribution in [0.1, 0.15) is 40.0 Å². The van der Waals surface area contributed by atoms with Gasteiger partial charge in [-0.3, -0.25) is 19.4 Å². The van der Waals surface area contributed by atoms with E-state index in [2.05, 4.69) is 20.9 Å². The number of nitrogens with zero attached hydrogens (tertiary/aromatic N) is 1. The molecule has 33 heavy (non-hydrogen) atoms. The molecule has 0 rings (SSSR count). The average molecular weight is 476 g/mol. The maximum absolute atomic E-state index is 12.9. The van der Waals surface area contributed by atoms with Crippen LogP contribution in [0.2, 0.25) is 0 Å². The van der Waals surface area contributed by atoms with Crippen LogP contribution < -0.4 is 33.2 Å². The number of amides is 3. The molecule has 0 aromatic heterocycles. The molecule has 5 unspecified atom stereocenters. The largest absolute Gasteiger partial charge is 0.480 e. The van der Waals surface area contributed by atoms with Crippen LogP contribution in [-0.4, -0.2) is 88.4 Å². The first-order valence-corrected chi connectivity index (χ1v) is 10.5. The van der Waals surface area contributed by atoms with Crippen molar-refractivity contribution in [3.05, 3.63) is 0 Å². The van der Waals surface area contributed by atoms with Crippen molar-refractivity contribution >= 4 is 29.7 Å². The highest BCUT2D eigenvalue weighted by atomic mass is 16.4. The van der Waals surface area contributed by atoms with Gasteiger partial charge in [-0.2, -0.15) is 0 Å². The number of hydrogen-bond donors (Lipinski definition) is 9. The number of aliphatic carboxylic acids is 1. The number of hydrogen-bond acceptors (Lipinski definition) is 8. The van der Waals surface area contributed by atoms with Gasteiger partial charge in [0.05, 0.1) is 12.7 Å². The molecule has 3 amide bonds. The van der Waals surface area contributed by atoms with Gasteiger partial charge in [0, 0.05) is 6.54 Å². The summed E-state index contributed by atoms with van der Waals surface area (Å²) in [5.41, 5.74) is 16.2. The van der Waals surface area contributed by atoms with Gasteiger partial charge in [0.15, 0.2) is 5.96 Å². The van der Waals surface area contributed by atoms with Gasteiger partial charge in [-0.25, -0.2) is 4.79 Å². The van der Waals surface area contributed by atoms with E-state index >= 15 is 0 Å². The summed E-state index contributed by atoms with van der Waals surface area (Å²) in [7, 11) is 0. The van der Waals surface area contributed by atoms with Crippen molar-refractivity contribution in [3.63, 3.8) is 0 Å². The second kappa shape index (κ2) is 15.0. The van der Waals surface area contributed by atoms with Gasteiger partial charge in [-0.05, 0) is 32.1 Å². The Morgan fingerprint density at radius 3 is 1.88 bits per heavy atom. The number of aliphatic hydroxyl groups excluding tert-OH is 2. The Bertz CT molecular complexity index is 696. The third-order valence-corrected chi connectivity index (χ3v) is 4.54. The zero-order chi connectivity index (χ0) is 25.7. The van der Waals surface area contributed by atoms with Crippen LogP contribution in [0.25, 0.3) is 0 Å².